The molecule has 4 aromatic rings. The number of benzene rings is 2. The summed E-state index contributed by atoms with van der Waals surface area (Å²) < 4.78 is 13.4. The van der Waals surface area contributed by atoms with Crippen molar-refractivity contribution in [2.45, 2.75) is 25.9 Å². The average molecular weight is 473 g/mol. The number of nitrogens with zero attached hydrogens (tertiary/aromatic N) is 3. The van der Waals surface area contributed by atoms with E-state index in [4.69, 9.17) is 15.2 Å². The van der Waals surface area contributed by atoms with Crippen molar-refractivity contribution in [3.8, 4) is 11.5 Å². The zero-order valence-corrected chi connectivity index (χ0v) is 19.8. The van der Waals surface area contributed by atoms with E-state index in [0.29, 0.717) is 36.6 Å². The van der Waals surface area contributed by atoms with Gasteiger partial charge < -0.3 is 15.2 Å². The van der Waals surface area contributed by atoms with E-state index in [1.165, 1.54) is 4.57 Å². The van der Waals surface area contributed by atoms with Gasteiger partial charge in [0.25, 0.3) is 5.56 Å². The molecule has 2 N–H and O–H groups in total. The Morgan fingerprint density at radius 1 is 0.771 bits per heavy atom. The molecule has 0 spiro atoms. The number of ether oxygens (including phenoxy) is 2. The van der Waals surface area contributed by atoms with Crippen molar-refractivity contribution in [1.29, 1.82) is 0 Å². The minimum absolute atomic E-state index is 0.168. The van der Waals surface area contributed by atoms with Crippen LogP contribution in [0, 0.1) is 0 Å². The highest BCUT2D eigenvalue weighted by Gasteiger charge is 2.14. The van der Waals surface area contributed by atoms with Gasteiger partial charge in [-0.3, -0.25) is 13.9 Å². The van der Waals surface area contributed by atoms with Crippen LogP contribution < -0.4 is 26.5 Å². The standard InChI is InChI=1S/C27H28N4O4/c1-34-23-12-6-19(7-13-23)17-30-22(11-10-21-4-3-5-25(28)29-21)16-26(32)31(27(30)33)18-20-8-14-24(35-2)15-9-20/h3-9,12-16H,10-11,17-18H2,1-2H3,(H2,28,29). The summed E-state index contributed by atoms with van der Waals surface area (Å²) in [5.41, 5.74) is 8.30. The smallest absolute Gasteiger partial charge is 0.331 e. The van der Waals surface area contributed by atoms with E-state index < -0.39 is 0 Å². The van der Waals surface area contributed by atoms with Gasteiger partial charge in [0.05, 0.1) is 27.3 Å². The first-order chi connectivity index (χ1) is 17.0. The molecule has 180 valence electrons. The molecule has 0 amide bonds. The van der Waals surface area contributed by atoms with Crippen LogP contribution in [0.15, 0.2) is 82.4 Å². The Bertz CT molecular complexity index is 1410. The molecule has 8 nitrogen and oxygen atoms in total. The van der Waals surface area contributed by atoms with Crippen molar-refractivity contribution in [3.63, 3.8) is 0 Å². The molecular weight excluding hydrogens is 444 g/mol. The number of hydrogen-bond acceptors (Lipinski definition) is 6. The molecular formula is C27H28N4O4. The molecule has 0 saturated heterocycles. The first kappa shape index (κ1) is 23.8. The molecule has 8 heteroatoms. The zero-order valence-electron chi connectivity index (χ0n) is 19.8. The van der Waals surface area contributed by atoms with Crippen LogP contribution in [-0.4, -0.2) is 28.3 Å². The highest BCUT2D eigenvalue weighted by atomic mass is 16.5. The van der Waals surface area contributed by atoms with Crippen LogP contribution >= 0.6 is 0 Å². The number of nitrogens with two attached hydrogens (primary N) is 1. The first-order valence-electron chi connectivity index (χ1n) is 11.3. The van der Waals surface area contributed by atoms with Gasteiger partial charge in [-0.15, -0.1) is 0 Å². The van der Waals surface area contributed by atoms with Gasteiger partial charge in [-0.1, -0.05) is 30.3 Å². The Morgan fingerprint density at radius 2 is 1.34 bits per heavy atom. The highest BCUT2D eigenvalue weighted by molar-refractivity contribution is 5.30. The topological polar surface area (TPSA) is 101 Å². The number of hydrogen-bond donors (Lipinski definition) is 1. The second kappa shape index (κ2) is 10.7. The summed E-state index contributed by atoms with van der Waals surface area (Å²) in [6, 6.07) is 21.8. The number of anilines is 1. The van der Waals surface area contributed by atoms with Gasteiger partial charge in [0.2, 0.25) is 0 Å². The predicted octanol–water partition coefficient (Wildman–Crippen LogP) is 2.89. The predicted molar refractivity (Wildman–Crippen MR) is 135 cm³/mol. The number of pyridine rings is 1. The van der Waals surface area contributed by atoms with Crippen LogP contribution in [0.5, 0.6) is 11.5 Å². The Hall–Kier alpha value is -4.33. The lowest BCUT2D eigenvalue weighted by molar-refractivity contribution is 0.414. The molecule has 0 radical (unpaired) electrons. The second-order valence-electron chi connectivity index (χ2n) is 8.18. The van der Waals surface area contributed by atoms with Gasteiger partial charge in [-0.2, -0.15) is 0 Å². The minimum atomic E-state index is -0.361. The van der Waals surface area contributed by atoms with E-state index >= 15 is 0 Å². The van der Waals surface area contributed by atoms with Gasteiger partial charge in [-0.05, 0) is 60.4 Å². The number of aryl methyl sites for hydroxylation is 2. The largest absolute Gasteiger partial charge is 0.497 e. The summed E-state index contributed by atoms with van der Waals surface area (Å²) >= 11 is 0. The summed E-state index contributed by atoms with van der Waals surface area (Å²) in [6.45, 7) is 0.493. The SMILES string of the molecule is COc1ccc(Cn2c(CCc3cccc(N)n3)cc(=O)n(Cc3ccc(OC)cc3)c2=O)cc1. The van der Waals surface area contributed by atoms with Crippen molar-refractivity contribution in [2.24, 2.45) is 0 Å². The summed E-state index contributed by atoms with van der Waals surface area (Å²) in [6.07, 6.45) is 1.02. The average Bonchev–Trinajstić information content (AvgIpc) is 2.88. The van der Waals surface area contributed by atoms with Crippen LogP contribution in [0.1, 0.15) is 22.5 Å². The summed E-state index contributed by atoms with van der Waals surface area (Å²) in [4.78, 5) is 30.9. The van der Waals surface area contributed by atoms with Gasteiger partial charge >= 0.3 is 5.69 Å². The van der Waals surface area contributed by atoms with E-state index in [9.17, 15) is 9.59 Å². The molecule has 2 aromatic carbocycles. The van der Waals surface area contributed by atoms with Gasteiger partial charge in [0.1, 0.15) is 17.3 Å². The van der Waals surface area contributed by atoms with Crippen molar-refractivity contribution < 1.29 is 9.47 Å². The van der Waals surface area contributed by atoms with Crippen LogP contribution in [-0.2, 0) is 25.9 Å². The number of nitrogen functional groups attached to an aromatic ring is 1. The summed E-state index contributed by atoms with van der Waals surface area (Å²) in [5.74, 6) is 1.88. The number of rotatable bonds is 9. The van der Waals surface area contributed by atoms with E-state index in [1.807, 2.05) is 60.7 Å². The second-order valence-corrected chi connectivity index (χ2v) is 8.18. The monoisotopic (exact) mass is 472 g/mol. The molecule has 0 fully saturated rings. The first-order valence-corrected chi connectivity index (χ1v) is 11.3. The molecule has 0 saturated carbocycles. The Morgan fingerprint density at radius 3 is 1.89 bits per heavy atom. The fraction of sp³-hybridized carbons (Fsp3) is 0.222. The van der Waals surface area contributed by atoms with E-state index in [0.717, 1.165) is 22.6 Å². The van der Waals surface area contributed by atoms with Gasteiger partial charge in [-0.25, -0.2) is 9.78 Å². The van der Waals surface area contributed by atoms with Crippen molar-refractivity contribution in [2.75, 3.05) is 20.0 Å². The molecule has 2 aromatic heterocycles. The maximum Gasteiger partial charge on any atom is 0.331 e. The van der Waals surface area contributed by atoms with Crippen LogP contribution in [0.4, 0.5) is 5.82 Å². The quantitative estimate of drug-likeness (QED) is 0.402. The molecule has 4 rings (SSSR count). The third-order valence-corrected chi connectivity index (χ3v) is 5.83. The van der Waals surface area contributed by atoms with Crippen molar-refractivity contribution >= 4 is 5.82 Å². The van der Waals surface area contributed by atoms with Gasteiger partial charge in [0.15, 0.2) is 0 Å². The van der Waals surface area contributed by atoms with E-state index in [1.54, 1.807) is 30.9 Å². The minimum Gasteiger partial charge on any atom is -0.497 e. The van der Waals surface area contributed by atoms with E-state index in [-0.39, 0.29) is 17.8 Å². The van der Waals surface area contributed by atoms with Crippen LogP contribution in [0.3, 0.4) is 0 Å². The summed E-state index contributed by atoms with van der Waals surface area (Å²) in [7, 11) is 3.20. The molecule has 0 unspecified atom stereocenters. The highest BCUT2D eigenvalue weighted by Crippen LogP contribution is 2.14. The lowest BCUT2D eigenvalue weighted by Crippen LogP contribution is -2.41. The number of aromatic nitrogens is 3. The van der Waals surface area contributed by atoms with Crippen molar-refractivity contribution in [3.05, 3.63) is 116 Å². The van der Waals surface area contributed by atoms with Crippen molar-refractivity contribution in [1.82, 2.24) is 14.1 Å². The fourth-order valence-corrected chi connectivity index (χ4v) is 3.90. The van der Waals surface area contributed by atoms with Gasteiger partial charge in [0, 0.05) is 17.5 Å². The molecule has 2 heterocycles. The Kier molecular flexibility index (Phi) is 7.30. The molecule has 0 aliphatic heterocycles. The maximum absolute atomic E-state index is 13.6. The third-order valence-electron chi connectivity index (χ3n) is 5.83. The Balaban J connectivity index is 1.70. The Labute approximate surface area is 203 Å². The normalized spacial score (nSPS) is 10.8. The molecule has 0 aliphatic carbocycles. The fourth-order valence-electron chi connectivity index (χ4n) is 3.90. The van der Waals surface area contributed by atoms with E-state index in [2.05, 4.69) is 4.98 Å². The molecule has 0 atom stereocenters. The molecule has 0 aliphatic rings. The zero-order chi connectivity index (χ0) is 24.8. The molecule has 35 heavy (non-hydrogen) atoms. The lowest BCUT2D eigenvalue weighted by atomic mass is 10.1. The lowest BCUT2D eigenvalue weighted by Gasteiger charge is -2.16. The van der Waals surface area contributed by atoms with Crippen LogP contribution in [0.25, 0.3) is 0 Å². The molecule has 0 bridgehead atoms. The summed E-state index contributed by atoms with van der Waals surface area (Å²) in [5, 5.41) is 0. The van der Waals surface area contributed by atoms with Crippen LogP contribution in [0.2, 0.25) is 0 Å². The maximum atomic E-state index is 13.6. The third kappa shape index (κ3) is 5.78. The number of methoxy groups -OCH3 is 2.